The van der Waals surface area contributed by atoms with Gasteiger partial charge in [-0.25, -0.2) is 0 Å². The second-order valence-electron chi connectivity index (χ2n) is 7.07. The van der Waals surface area contributed by atoms with Crippen LogP contribution in [0.4, 0.5) is 0 Å². The average Bonchev–Trinajstić information content (AvgIpc) is 2.75. The maximum atomic E-state index is 12.5. The highest BCUT2D eigenvalue weighted by atomic mass is 16.5. The lowest BCUT2D eigenvalue weighted by atomic mass is 10.0. The van der Waals surface area contributed by atoms with Crippen molar-refractivity contribution < 1.29 is 28.6 Å². The minimum absolute atomic E-state index is 0.0806. The molecule has 0 aliphatic heterocycles. The number of rotatable bonds is 9. The van der Waals surface area contributed by atoms with Gasteiger partial charge in [0.05, 0.1) is 40.3 Å². The summed E-state index contributed by atoms with van der Waals surface area (Å²) < 4.78 is 15.3. The standard InChI is InChI=1S/C23H28N2O6/c1-14-8-15(2)10-17(9-14)23(28)24-13-21(26)25-18(12-22(27)31-5)16-6-7-19(29-3)20(11-16)30-4/h6-11,18H,12-13H2,1-5H3,(H,24,28)(H,25,26)/t18-/m0/s1. The predicted octanol–water partition coefficient (Wildman–Crippen LogP) is 2.47. The minimum Gasteiger partial charge on any atom is -0.493 e. The van der Waals surface area contributed by atoms with E-state index in [4.69, 9.17) is 14.2 Å². The van der Waals surface area contributed by atoms with Crippen molar-refractivity contribution in [3.05, 3.63) is 58.7 Å². The fraction of sp³-hybridized carbons (Fsp3) is 0.348. The number of hydrogen-bond donors (Lipinski definition) is 2. The number of aryl methyl sites for hydroxylation is 2. The van der Waals surface area contributed by atoms with Gasteiger partial charge in [0.15, 0.2) is 11.5 Å². The Kier molecular flexibility index (Phi) is 8.43. The number of carbonyl (C=O) groups excluding carboxylic acids is 3. The van der Waals surface area contributed by atoms with Gasteiger partial charge in [0.25, 0.3) is 5.91 Å². The van der Waals surface area contributed by atoms with Crippen LogP contribution in [0.3, 0.4) is 0 Å². The first-order valence-corrected chi connectivity index (χ1v) is 9.72. The largest absolute Gasteiger partial charge is 0.493 e. The molecule has 0 aliphatic carbocycles. The molecule has 0 radical (unpaired) electrons. The van der Waals surface area contributed by atoms with E-state index in [1.807, 2.05) is 19.9 Å². The van der Waals surface area contributed by atoms with Crippen LogP contribution >= 0.6 is 0 Å². The highest BCUT2D eigenvalue weighted by Crippen LogP contribution is 2.31. The fourth-order valence-electron chi connectivity index (χ4n) is 3.19. The zero-order valence-electron chi connectivity index (χ0n) is 18.4. The third-order valence-corrected chi connectivity index (χ3v) is 4.64. The number of methoxy groups -OCH3 is 3. The molecular weight excluding hydrogens is 400 g/mol. The molecule has 31 heavy (non-hydrogen) atoms. The molecule has 0 fully saturated rings. The summed E-state index contributed by atoms with van der Waals surface area (Å²) in [6.07, 6.45) is -0.0806. The molecule has 0 unspecified atom stereocenters. The average molecular weight is 428 g/mol. The van der Waals surface area contributed by atoms with Gasteiger partial charge in [-0.2, -0.15) is 0 Å². The predicted molar refractivity (Wildman–Crippen MR) is 115 cm³/mol. The second kappa shape index (κ2) is 11.0. The van der Waals surface area contributed by atoms with E-state index < -0.39 is 17.9 Å². The van der Waals surface area contributed by atoms with Crippen LogP contribution < -0.4 is 20.1 Å². The molecular formula is C23H28N2O6. The number of amides is 2. The van der Waals surface area contributed by atoms with Crippen LogP contribution in [0, 0.1) is 13.8 Å². The monoisotopic (exact) mass is 428 g/mol. The summed E-state index contributed by atoms with van der Waals surface area (Å²) in [5.41, 5.74) is 3.04. The lowest BCUT2D eigenvalue weighted by Crippen LogP contribution is -2.39. The molecule has 0 aromatic heterocycles. The van der Waals surface area contributed by atoms with Crippen LogP contribution in [0.25, 0.3) is 0 Å². The van der Waals surface area contributed by atoms with Gasteiger partial charge in [-0.3, -0.25) is 14.4 Å². The van der Waals surface area contributed by atoms with E-state index in [0.717, 1.165) is 11.1 Å². The van der Waals surface area contributed by atoms with Crippen LogP contribution in [0.15, 0.2) is 36.4 Å². The van der Waals surface area contributed by atoms with E-state index in [-0.39, 0.29) is 18.9 Å². The normalized spacial score (nSPS) is 11.3. The van der Waals surface area contributed by atoms with Crippen molar-refractivity contribution in [1.82, 2.24) is 10.6 Å². The lowest BCUT2D eigenvalue weighted by molar-refractivity contribution is -0.141. The smallest absolute Gasteiger partial charge is 0.307 e. The third-order valence-electron chi connectivity index (χ3n) is 4.64. The quantitative estimate of drug-likeness (QED) is 0.595. The van der Waals surface area contributed by atoms with Gasteiger partial charge in [0, 0.05) is 5.56 Å². The van der Waals surface area contributed by atoms with Crippen molar-refractivity contribution in [2.75, 3.05) is 27.9 Å². The van der Waals surface area contributed by atoms with Crippen molar-refractivity contribution in [1.29, 1.82) is 0 Å². The van der Waals surface area contributed by atoms with E-state index in [0.29, 0.717) is 22.6 Å². The van der Waals surface area contributed by atoms with E-state index in [2.05, 4.69) is 10.6 Å². The third kappa shape index (κ3) is 6.74. The molecule has 2 rings (SSSR count). The summed E-state index contributed by atoms with van der Waals surface area (Å²) in [6.45, 7) is 3.56. The highest BCUT2D eigenvalue weighted by molar-refractivity contribution is 5.96. The number of nitrogens with one attached hydrogen (secondary N) is 2. The molecule has 0 spiro atoms. The molecule has 0 saturated carbocycles. The number of hydrogen-bond acceptors (Lipinski definition) is 6. The molecule has 0 saturated heterocycles. The van der Waals surface area contributed by atoms with E-state index in [1.165, 1.54) is 21.3 Å². The maximum absolute atomic E-state index is 12.5. The molecule has 0 aliphatic rings. The van der Waals surface area contributed by atoms with Crippen molar-refractivity contribution in [2.24, 2.45) is 0 Å². The second-order valence-corrected chi connectivity index (χ2v) is 7.07. The van der Waals surface area contributed by atoms with Crippen molar-refractivity contribution in [2.45, 2.75) is 26.3 Å². The van der Waals surface area contributed by atoms with Crippen LogP contribution in [-0.4, -0.2) is 45.7 Å². The molecule has 8 nitrogen and oxygen atoms in total. The molecule has 2 N–H and O–H groups in total. The van der Waals surface area contributed by atoms with E-state index in [9.17, 15) is 14.4 Å². The first-order valence-electron chi connectivity index (χ1n) is 9.72. The molecule has 0 heterocycles. The summed E-state index contributed by atoms with van der Waals surface area (Å²) >= 11 is 0. The van der Waals surface area contributed by atoms with Crippen LogP contribution in [0.2, 0.25) is 0 Å². The number of esters is 1. The van der Waals surface area contributed by atoms with Crippen LogP contribution in [0.5, 0.6) is 11.5 Å². The molecule has 0 bridgehead atoms. The summed E-state index contributed by atoms with van der Waals surface area (Å²) in [6, 6.07) is 9.90. The Morgan fingerprint density at radius 3 is 2.13 bits per heavy atom. The molecule has 8 heteroatoms. The number of benzene rings is 2. The Labute approximate surface area is 181 Å². The van der Waals surface area contributed by atoms with Gasteiger partial charge in [0.2, 0.25) is 5.91 Å². The molecule has 166 valence electrons. The Morgan fingerprint density at radius 1 is 0.903 bits per heavy atom. The summed E-state index contributed by atoms with van der Waals surface area (Å²) in [5, 5.41) is 5.37. The fourth-order valence-corrected chi connectivity index (χ4v) is 3.19. The van der Waals surface area contributed by atoms with Crippen LogP contribution in [-0.2, 0) is 14.3 Å². The lowest BCUT2D eigenvalue weighted by Gasteiger charge is -2.20. The van der Waals surface area contributed by atoms with Crippen molar-refractivity contribution in [3.63, 3.8) is 0 Å². The van der Waals surface area contributed by atoms with Crippen molar-refractivity contribution >= 4 is 17.8 Å². The first kappa shape index (κ1) is 23.7. The first-order chi connectivity index (χ1) is 14.8. The Hall–Kier alpha value is -3.55. The van der Waals surface area contributed by atoms with Gasteiger partial charge in [-0.15, -0.1) is 0 Å². The SMILES string of the molecule is COC(=O)C[C@H](NC(=O)CNC(=O)c1cc(C)cc(C)c1)c1ccc(OC)c(OC)c1. The van der Waals surface area contributed by atoms with Gasteiger partial charge < -0.3 is 24.8 Å². The maximum Gasteiger partial charge on any atom is 0.307 e. The number of carbonyl (C=O) groups is 3. The highest BCUT2D eigenvalue weighted by Gasteiger charge is 2.21. The van der Waals surface area contributed by atoms with Crippen LogP contribution in [0.1, 0.15) is 39.5 Å². The minimum atomic E-state index is -0.669. The van der Waals surface area contributed by atoms with Gasteiger partial charge in [-0.1, -0.05) is 23.3 Å². The molecule has 2 amide bonds. The zero-order valence-corrected chi connectivity index (χ0v) is 18.4. The topological polar surface area (TPSA) is 103 Å². The van der Waals surface area contributed by atoms with Crippen molar-refractivity contribution in [3.8, 4) is 11.5 Å². The van der Waals surface area contributed by atoms with Gasteiger partial charge in [-0.05, 0) is 43.7 Å². The van der Waals surface area contributed by atoms with Gasteiger partial charge >= 0.3 is 5.97 Å². The molecule has 1 atom stereocenters. The van der Waals surface area contributed by atoms with E-state index in [1.54, 1.807) is 30.3 Å². The Bertz CT molecular complexity index is 937. The summed E-state index contributed by atoms with van der Waals surface area (Å²) in [5.74, 6) is -0.291. The molecule has 2 aromatic rings. The number of ether oxygens (including phenoxy) is 3. The summed E-state index contributed by atoms with van der Waals surface area (Å²) in [4.78, 5) is 36.8. The Balaban J connectivity index is 2.10. The molecule has 2 aromatic carbocycles. The summed E-state index contributed by atoms with van der Waals surface area (Å²) in [7, 11) is 4.29. The Morgan fingerprint density at radius 2 is 1.55 bits per heavy atom. The van der Waals surface area contributed by atoms with E-state index >= 15 is 0 Å². The van der Waals surface area contributed by atoms with Gasteiger partial charge in [0.1, 0.15) is 0 Å². The zero-order chi connectivity index (χ0) is 23.0.